The van der Waals surface area contributed by atoms with Gasteiger partial charge in [-0.2, -0.15) is 0 Å². The average molecular weight is 347 g/mol. The first-order valence-electron chi connectivity index (χ1n) is 9.32. The molecule has 0 atom stereocenters. The van der Waals surface area contributed by atoms with Gasteiger partial charge in [0.05, 0.1) is 19.8 Å². The molecule has 3 rings (SSSR count). The number of nitrogens with zero attached hydrogens (tertiary/aromatic N) is 2. The minimum Gasteiger partial charge on any atom is -0.493 e. The predicted octanol–water partition coefficient (Wildman–Crippen LogP) is 1.82. The Labute approximate surface area is 150 Å². The molecule has 0 spiro atoms. The second-order valence-corrected chi connectivity index (χ2v) is 6.74. The maximum atomic E-state index is 12.3. The Morgan fingerprint density at radius 3 is 2.56 bits per heavy atom. The van der Waals surface area contributed by atoms with Crippen LogP contribution < -0.4 is 10.1 Å². The Morgan fingerprint density at radius 2 is 1.84 bits per heavy atom. The number of amides is 2. The van der Waals surface area contributed by atoms with Gasteiger partial charge in [0.25, 0.3) is 0 Å². The molecule has 0 saturated carbocycles. The summed E-state index contributed by atoms with van der Waals surface area (Å²) in [5.41, 5.74) is 0. The van der Waals surface area contributed by atoms with Gasteiger partial charge in [0.15, 0.2) is 0 Å². The van der Waals surface area contributed by atoms with Crippen molar-refractivity contribution in [2.24, 2.45) is 5.92 Å². The van der Waals surface area contributed by atoms with Crippen LogP contribution in [0.2, 0.25) is 0 Å². The molecule has 138 valence electrons. The van der Waals surface area contributed by atoms with Gasteiger partial charge in [0.2, 0.25) is 0 Å². The summed E-state index contributed by atoms with van der Waals surface area (Å²) in [4.78, 5) is 16.5. The highest BCUT2D eigenvalue weighted by Crippen LogP contribution is 2.19. The number of carbonyl (C=O) groups excluding carboxylic acids is 1. The zero-order valence-corrected chi connectivity index (χ0v) is 14.9. The van der Waals surface area contributed by atoms with E-state index >= 15 is 0 Å². The van der Waals surface area contributed by atoms with Gasteiger partial charge in [0, 0.05) is 39.3 Å². The molecule has 0 unspecified atom stereocenters. The van der Waals surface area contributed by atoms with E-state index < -0.39 is 0 Å². The van der Waals surface area contributed by atoms with Crippen molar-refractivity contribution in [3.8, 4) is 5.75 Å². The van der Waals surface area contributed by atoms with Gasteiger partial charge in [-0.1, -0.05) is 18.2 Å². The number of piperidine rings is 1. The molecule has 25 heavy (non-hydrogen) atoms. The smallest absolute Gasteiger partial charge is 0.317 e. The van der Waals surface area contributed by atoms with E-state index in [0.717, 1.165) is 71.1 Å². The lowest BCUT2D eigenvalue weighted by Gasteiger charge is -2.32. The van der Waals surface area contributed by atoms with E-state index in [9.17, 15) is 4.79 Å². The molecule has 1 aromatic carbocycles. The molecular formula is C19H29N3O3. The highest BCUT2D eigenvalue weighted by Gasteiger charge is 2.23. The van der Waals surface area contributed by atoms with Crippen LogP contribution in [0.5, 0.6) is 5.75 Å². The Hall–Kier alpha value is -1.79. The molecule has 2 saturated heterocycles. The van der Waals surface area contributed by atoms with Gasteiger partial charge in [0.1, 0.15) is 5.75 Å². The lowest BCUT2D eigenvalue weighted by Crippen LogP contribution is -2.47. The molecule has 6 heteroatoms. The van der Waals surface area contributed by atoms with Crippen molar-refractivity contribution in [1.29, 1.82) is 0 Å². The first kappa shape index (κ1) is 18.0. The largest absolute Gasteiger partial charge is 0.493 e. The fourth-order valence-corrected chi connectivity index (χ4v) is 3.29. The number of rotatable bonds is 6. The number of morpholine rings is 1. The van der Waals surface area contributed by atoms with Gasteiger partial charge in [-0.3, -0.25) is 4.90 Å². The van der Waals surface area contributed by atoms with Gasteiger partial charge >= 0.3 is 6.03 Å². The summed E-state index contributed by atoms with van der Waals surface area (Å²) in [6.45, 7) is 7.48. The summed E-state index contributed by atoms with van der Waals surface area (Å²) >= 11 is 0. The number of para-hydroxylation sites is 1. The third kappa shape index (κ3) is 5.90. The number of likely N-dealkylation sites (tertiary alicyclic amines) is 1. The molecule has 0 bridgehead atoms. The van der Waals surface area contributed by atoms with Crippen molar-refractivity contribution in [1.82, 2.24) is 15.1 Å². The van der Waals surface area contributed by atoms with Crippen LogP contribution in [0.25, 0.3) is 0 Å². The van der Waals surface area contributed by atoms with Crippen molar-refractivity contribution in [2.45, 2.75) is 12.8 Å². The number of hydrogen-bond acceptors (Lipinski definition) is 4. The van der Waals surface area contributed by atoms with Gasteiger partial charge in [-0.25, -0.2) is 4.79 Å². The first-order valence-corrected chi connectivity index (χ1v) is 9.32. The standard InChI is InChI=1S/C19H29N3O3/c23-19(20-8-11-21-12-14-24-15-13-21)22-9-6-17(7-10-22)16-25-18-4-2-1-3-5-18/h1-5,17H,6-16H2,(H,20,23). The summed E-state index contributed by atoms with van der Waals surface area (Å²) in [6, 6.07) is 9.99. The third-order valence-corrected chi connectivity index (χ3v) is 4.94. The lowest BCUT2D eigenvalue weighted by molar-refractivity contribution is 0.0385. The van der Waals surface area contributed by atoms with E-state index in [1.165, 1.54) is 0 Å². The maximum Gasteiger partial charge on any atom is 0.317 e. The molecule has 0 radical (unpaired) electrons. The number of urea groups is 1. The van der Waals surface area contributed by atoms with Crippen LogP contribution in [-0.4, -0.2) is 74.9 Å². The number of hydrogen-bond donors (Lipinski definition) is 1. The lowest BCUT2D eigenvalue weighted by atomic mass is 9.98. The number of ether oxygens (including phenoxy) is 2. The summed E-state index contributed by atoms with van der Waals surface area (Å²) in [5, 5.41) is 3.05. The highest BCUT2D eigenvalue weighted by molar-refractivity contribution is 5.74. The SMILES string of the molecule is O=C(NCCN1CCOCC1)N1CCC(COc2ccccc2)CC1. The molecule has 0 aromatic heterocycles. The molecule has 2 amide bonds. The second-order valence-electron chi connectivity index (χ2n) is 6.74. The summed E-state index contributed by atoms with van der Waals surface area (Å²) in [5.74, 6) is 1.45. The summed E-state index contributed by atoms with van der Waals surface area (Å²) < 4.78 is 11.2. The normalized spacial score (nSPS) is 19.6. The highest BCUT2D eigenvalue weighted by atomic mass is 16.5. The molecule has 6 nitrogen and oxygen atoms in total. The molecule has 0 aliphatic carbocycles. The second kappa shape index (κ2) is 9.63. The van der Waals surface area contributed by atoms with Crippen molar-refractivity contribution >= 4 is 6.03 Å². The zero-order chi connectivity index (χ0) is 17.3. The number of nitrogens with one attached hydrogen (secondary N) is 1. The fraction of sp³-hybridized carbons (Fsp3) is 0.632. The van der Waals surface area contributed by atoms with Crippen LogP contribution in [0.3, 0.4) is 0 Å². The summed E-state index contributed by atoms with van der Waals surface area (Å²) in [6.07, 6.45) is 2.01. The molecule has 1 aromatic rings. The molecule has 2 fully saturated rings. The quantitative estimate of drug-likeness (QED) is 0.853. The fourth-order valence-electron chi connectivity index (χ4n) is 3.29. The molecule has 1 N–H and O–H groups in total. The monoisotopic (exact) mass is 347 g/mol. The zero-order valence-electron chi connectivity index (χ0n) is 14.9. The van der Waals surface area contributed by atoms with Crippen LogP contribution in [0.4, 0.5) is 4.79 Å². The van der Waals surface area contributed by atoms with Crippen molar-refractivity contribution in [2.75, 3.05) is 59.1 Å². The Bertz CT molecular complexity index is 512. The molecule has 2 heterocycles. The maximum absolute atomic E-state index is 12.3. The third-order valence-electron chi connectivity index (χ3n) is 4.94. The van der Waals surface area contributed by atoms with Gasteiger partial charge < -0.3 is 19.7 Å². The number of benzene rings is 1. The van der Waals surface area contributed by atoms with E-state index in [1.54, 1.807) is 0 Å². The minimum absolute atomic E-state index is 0.0655. The van der Waals surface area contributed by atoms with Crippen LogP contribution in [0.1, 0.15) is 12.8 Å². The van der Waals surface area contributed by atoms with E-state index in [0.29, 0.717) is 12.5 Å². The topological polar surface area (TPSA) is 54.0 Å². The predicted molar refractivity (Wildman–Crippen MR) is 96.9 cm³/mol. The van der Waals surface area contributed by atoms with E-state index in [4.69, 9.17) is 9.47 Å². The van der Waals surface area contributed by atoms with E-state index in [2.05, 4.69) is 10.2 Å². The average Bonchev–Trinajstić information content (AvgIpc) is 2.68. The minimum atomic E-state index is 0.0655. The van der Waals surface area contributed by atoms with Gasteiger partial charge in [-0.15, -0.1) is 0 Å². The van der Waals surface area contributed by atoms with Crippen LogP contribution in [-0.2, 0) is 4.74 Å². The van der Waals surface area contributed by atoms with Crippen molar-refractivity contribution < 1.29 is 14.3 Å². The Morgan fingerprint density at radius 1 is 1.12 bits per heavy atom. The molecule has 2 aliphatic heterocycles. The van der Waals surface area contributed by atoms with E-state index in [1.807, 2.05) is 35.2 Å². The number of carbonyl (C=O) groups is 1. The molecular weight excluding hydrogens is 318 g/mol. The Kier molecular flexibility index (Phi) is 6.94. The van der Waals surface area contributed by atoms with E-state index in [-0.39, 0.29) is 6.03 Å². The summed E-state index contributed by atoms with van der Waals surface area (Å²) in [7, 11) is 0. The van der Waals surface area contributed by atoms with Crippen LogP contribution in [0, 0.1) is 5.92 Å². The first-order chi connectivity index (χ1) is 12.3. The Balaban J connectivity index is 1.29. The van der Waals surface area contributed by atoms with Crippen molar-refractivity contribution in [3.63, 3.8) is 0 Å². The van der Waals surface area contributed by atoms with Crippen LogP contribution in [0.15, 0.2) is 30.3 Å². The van der Waals surface area contributed by atoms with Gasteiger partial charge in [-0.05, 0) is 30.9 Å². The van der Waals surface area contributed by atoms with Crippen molar-refractivity contribution in [3.05, 3.63) is 30.3 Å². The molecule has 2 aliphatic rings. The van der Waals surface area contributed by atoms with Crippen LogP contribution >= 0.6 is 0 Å².